The molecule has 1 rings (SSSR count). The van der Waals surface area contributed by atoms with Gasteiger partial charge in [0.2, 0.25) is 6.29 Å². The zero-order chi connectivity index (χ0) is 10.0. The third-order valence-electron chi connectivity index (χ3n) is 1.94. The first-order valence-corrected chi connectivity index (χ1v) is 3.69. The molecule has 0 radical (unpaired) electrons. The molecule has 0 aliphatic carbocycles. The molecule has 0 saturated carbocycles. The second-order valence-electron chi connectivity index (χ2n) is 2.79. The van der Waals surface area contributed by atoms with E-state index in [1.54, 1.807) is 0 Å². The highest BCUT2D eigenvalue weighted by Gasteiger charge is 2.44. The first-order chi connectivity index (χ1) is 6.11. The van der Waals surface area contributed by atoms with E-state index in [1.165, 1.54) is 0 Å². The molecule has 0 amide bonds. The fourth-order valence-corrected chi connectivity index (χ4v) is 1.14. The number of rotatable bonds is 2. The van der Waals surface area contributed by atoms with Gasteiger partial charge in [0.05, 0.1) is 6.61 Å². The van der Waals surface area contributed by atoms with Gasteiger partial charge in [-0.2, -0.15) is 4.94 Å². The molecule has 0 bridgehead atoms. The highest BCUT2D eigenvalue weighted by molar-refractivity contribution is 4.88. The van der Waals surface area contributed by atoms with Crippen molar-refractivity contribution in [2.45, 2.75) is 30.7 Å². The predicted molar refractivity (Wildman–Crippen MR) is 36.0 cm³/mol. The maximum Gasteiger partial charge on any atom is 0.225 e. The largest absolute Gasteiger partial charge is 0.394 e. The van der Waals surface area contributed by atoms with Crippen LogP contribution in [0.4, 0.5) is 4.53 Å². The third-order valence-corrected chi connectivity index (χ3v) is 1.94. The molecule has 7 heteroatoms. The lowest BCUT2D eigenvalue weighted by atomic mass is 9.99. The van der Waals surface area contributed by atoms with E-state index in [9.17, 15) is 4.53 Å². The van der Waals surface area contributed by atoms with Crippen molar-refractivity contribution in [3.8, 4) is 0 Å². The summed E-state index contributed by atoms with van der Waals surface area (Å²) >= 11 is 0. The van der Waals surface area contributed by atoms with Crippen LogP contribution in [0.25, 0.3) is 0 Å². The summed E-state index contributed by atoms with van der Waals surface area (Å²) in [7, 11) is 0. The Morgan fingerprint density at radius 2 is 1.77 bits per heavy atom. The van der Waals surface area contributed by atoms with Crippen molar-refractivity contribution in [2.75, 3.05) is 6.61 Å². The molecule has 1 aliphatic heterocycles. The summed E-state index contributed by atoms with van der Waals surface area (Å²) in [6.45, 7) is -0.606. The van der Waals surface area contributed by atoms with Crippen molar-refractivity contribution in [2.24, 2.45) is 0 Å². The maximum atomic E-state index is 11.7. The minimum absolute atomic E-state index is 0.606. The molecule has 1 aliphatic rings. The summed E-state index contributed by atoms with van der Waals surface area (Å²) in [6, 6.07) is 0. The smallest absolute Gasteiger partial charge is 0.225 e. The summed E-state index contributed by atoms with van der Waals surface area (Å²) in [4.78, 5) is 3.20. The first-order valence-electron chi connectivity index (χ1n) is 3.69. The molecule has 1 heterocycles. The second-order valence-corrected chi connectivity index (χ2v) is 2.79. The van der Waals surface area contributed by atoms with Gasteiger partial charge in [0, 0.05) is 0 Å². The molecule has 1 fully saturated rings. The normalized spacial score (nSPS) is 46.4. The van der Waals surface area contributed by atoms with E-state index in [0.717, 1.165) is 0 Å². The molecule has 0 aromatic heterocycles. The Morgan fingerprint density at radius 1 is 1.15 bits per heavy atom. The van der Waals surface area contributed by atoms with Crippen LogP contribution in [-0.2, 0) is 9.68 Å². The summed E-state index contributed by atoms with van der Waals surface area (Å²) in [6.07, 6.45) is -7.60. The zero-order valence-electron chi connectivity index (χ0n) is 6.58. The van der Waals surface area contributed by atoms with E-state index in [1.807, 2.05) is 0 Å². The Balaban J connectivity index is 2.66. The summed E-state index contributed by atoms with van der Waals surface area (Å²) in [5.41, 5.74) is 0. The molecule has 0 aromatic carbocycles. The quantitative estimate of drug-likeness (QED) is 0.398. The van der Waals surface area contributed by atoms with Gasteiger partial charge in [0.25, 0.3) is 0 Å². The highest BCUT2D eigenvalue weighted by atomic mass is 19.3. The van der Waals surface area contributed by atoms with Crippen molar-refractivity contribution in [3.05, 3.63) is 0 Å². The van der Waals surface area contributed by atoms with Crippen LogP contribution in [-0.4, -0.2) is 57.7 Å². The minimum Gasteiger partial charge on any atom is -0.394 e. The molecular weight excluding hydrogens is 187 g/mol. The molecule has 4 N–H and O–H groups in total. The van der Waals surface area contributed by atoms with Crippen LogP contribution >= 0.6 is 0 Å². The predicted octanol–water partition coefficient (Wildman–Crippen LogP) is -2.31. The van der Waals surface area contributed by atoms with Crippen molar-refractivity contribution in [1.82, 2.24) is 0 Å². The molecule has 13 heavy (non-hydrogen) atoms. The summed E-state index contributed by atoms with van der Waals surface area (Å²) in [5, 5.41) is 35.9. The fraction of sp³-hybridized carbons (Fsp3) is 1.00. The van der Waals surface area contributed by atoms with Gasteiger partial charge in [0.1, 0.15) is 24.4 Å². The SMILES string of the molecule is OCC1OC(OF)C(O)C(O)C1O. The van der Waals surface area contributed by atoms with Crippen LogP contribution in [0.15, 0.2) is 0 Å². The van der Waals surface area contributed by atoms with Gasteiger partial charge in [-0.25, -0.2) is 0 Å². The Hall–Kier alpha value is -0.310. The Bertz CT molecular complexity index is 147. The van der Waals surface area contributed by atoms with E-state index < -0.39 is 37.3 Å². The van der Waals surface area contributed by atoms with Crippen LogP contribution in [0.1, 0.15) is 0 Å². The Morgan fingerprint density at radius 3 is 2.23 bits per heavy atom. The lowest BCUT2D eigenvalue weighted by Gasteiger charge is -2.37. The number of hydrogen-bond donors (Lipinski definition) is 4. The molecule has 5 atom stereocenters. The van der Waals surface area contributed by atoms with Crippen molar-refractivity contribution in [1.29, 1.82) is 0 Å². The van der Waals surface area contributed by atoms with Crippen molar-refractivity contribution >= 4 is 0 Å². The van der Waals surface area contributed by atoms with Gasteiger partial charge in [-0.05, 0) is 4.53 Å². The van der Waals surface area contributed by atoms with Gasteiger partial charge in [-0.1, -0.05) is 0 Å². The number of aliphatic hydroxyl groups excluding tert-OH is 4. The van der Waals surface area contributed by atoms with E-state index in [0.29, 0.717) is 0 Å². The number of ether oxygens (including phenoxy) is 1. The van der Waals surface area contributed by atoms with Crippen LogP contribution in [0, 0.1) is 0 Å². The van der Waals surface area contributed by atoms with E-state index in [-0.39, 0.29) is 0 Å². The standard InChI is InChI=1S/C6H11FO6/c7-13-6-5(11)4(10)3(9)2(1-8)12-6/h2-6,8-11H,1H2. The van der Waals surface area contributed by atoms with E-state index in [4.69, 9.17) is 20.4 Å². The highest BCUT2D eigenvalue weighted by Crippen LogP contribution is 2.21. The number of halogens is 1. The molecular formula is C6H11FO6. The van der Waals surface area contributed by atoms with Crippen molar-refractivity contribution < 1.29 is 34.6 Å². The summed E-state index contributed by atoms with van der Waals surface area (Å²) in [5.74, 6) is 0. The molecule has 0 aromatic rings. The van der Waals surface area contributed by atoms with Crippen LogP contribution in [0.3, 0.4) is 0 Å². The van der Waals surface area contributed by atoms with Crippen molar-refractivity contribution in [3.63, 3.8) is 0 Å². The van der Waals surface area contributed by atoms with E-state index in [2.05, 4.69) is 9.68 Å². The van der Waals surface area contributed by atoms with E-state index >= 15 is 0 Å². The topological polar surface area (TPSA) is 99.4 Å². The summed E-state index contributed by atoms with van der Waals surface area (Å²) < 4.78 is 16.3. The lowest BCUT2D eigenvalue weighted by Crippen LogP contribution is -2.58. The molecule has 1 saturated heterocycles. The molecule has 6 nitrogen and oxygen atoms in total. The molecule has 78 valence electrons. The lowest BCUT2D eigenvalue weighted by molar-refractivity contribution is -0.361. The minimum atomic E-state index is -1.68. The molecule has 0 spiro atoms. The maximum absolute atomic E-state index is 11.7. The first kappa shape index (κ1) is 10.8. The number of hydrogen-bond acceptors (Lipinski definition) is 6. The van der Waals surface area contributed by atoms with Gasteiger partial charge in [-0.15, -0.1) is 0 Å². The zero-order valence-corrected chi connectivity index (χ0v) is 6.58. The fourth-order valence-electron chi connectivity index (χ4n) is 1.14. The van der Waals surface area contributed by atoms with Gasteiger partial charge in [-0.3, -0.25) is 0 Å². The van der Waals surface area contributed by atoms with Gasteiger partial charge in [0.15, 0.2) is 0 Å². The average molecular weight is 198 g/mol. The second kappa shape index (κ2) is 4.27. The monoisotopic (exact) mass is 198 g/mol. The Kier molecular flexibility index (Phi) is 3.54. The third kappa shape index (κ3) is 1.96. The van der Waals surface area contributed by atoms with Gasteiger partial charge < -0.3 is 25.2 Å². The van der Waals surface area contributed by atoms with Crippen LogP contribution in [0.5, 0.6) is 0 Å². The van der Waals surface area contributed by atoms with Crippen LogP contribution < -0.4 is 0 Å². The van der Waals surface area contributed by atoms with Gasteiger partial charge >= 0.3 is 0 Å². The number of aliphatic hydroxyl groups is 4. The molecule has 5 unspecified atom stereocenters. The average Bonchev–Trinajstić information content (AvgIpc) is 2.15. The van der Waals surface area contributed by atoms with Crippen LogP contribution in [0.2, 0.25) is 0 Å². The Labute approximate surface area is 73.0 Å².